The lowest BCUT2D eigenvalue weighted by Gasteiger charge is -2.39. The Labute approximate surface area is 187 Å². The topological polar surface area (TPSA) is 9.23 Å². The van der Waals surface area contributed by atoms with Gasteiger partial charge in [0, 0.05) is 16.7 Å². The average molecular weight is 431 g/mol. The molecule has 0 spiro atoms. The van der Waals surface area contributed by atoms with Crippen LogP contribution in [0.15, 0.2) is 71.4 Å². The fourth-order valence-electron chi connectivity index (χ4n) is 4.51. The van der Waals surface area contributed by atoms with Crippen LogP contribution in [0.25, 0.3) is 9.75 Å². The van der Waals surface area contributed by atoms with Gasteiger partial charge in [-0.1, -0.05) is 75.2 Å². The molecule has 0 N–H and O–H groups in total. The quantitative estimate of drug-likeness (QED) is 0.300. The first-order valence-electron chi connectivity index (χ1n) is 10.8. The molecule has 3 heterocycles. The van der Waals surface area contributed by atoms with Gasteiger partial charge in [0.05, 0.1) is 9.75 Å². The van der Waals surface area contributed by atoms with Crippen molar-refractivity contribution >= 4 is 22.7 Å². The highest BCUT2D eigenvalue weighted by molar-refractivity contribution is 7.20. The molecule has 2 aromatic carbocycles. The van der Waals surface area contributed by atoms with Gasteiger partial charge in [-0.05, 0) is 46.9 Å². The van der Waals surface area contributed by atoms with Gasteiger partial charge in [0.25, 0.3) is 0 Å². The van der Waals surface area contributed by atoms with Crippen molar-refractivity contribution in [3.63, 3.8) is 0 Å². The first-order valence-corrected chi connectivity index (χ1v) is 12.6. The number of benzene rings is 2. The summed E-state index contributed by atoms with van der Waals surface area (Å²) in [6, 6.07) is 22.5. The lowest BCUT2D eigenvalue weighted by Crippen LogP contribution is -2.37. The second kappa shape index (κ2) is 8.05. The van der Waals surface area contributed by atoms with E-state index in [0.717, 1.165) is 31.4 Å². The molecule has 4 aromatic rings. The zero-order chi connectivity index (χ0) is 20.6. The van der Waals surface area contributed by atoms with E-state index >= 15 is 0 Å². The predicted molar refractivity (Wildman–Crippen MR) is 129 cm³/mol. The Morgan fingerprint density at radius 2 is 1.20 bits per heavy atom. The Kier molecular flexibility index (Phi) is 5.26. The van der Waals surface area contributed by atoms with Gasteiger partial charge in [-0.3, -0.25) is 0 Å². The van der Waals surface area contributed by atoms with Crippen molar-refractivity contribution < 1.29 is 4.74 Å². The van der Waals surface area contributed by atoms with E-state index in [1.54, 1.807) is 11.3 Å². The summed E-state index contributed by atoms with van der Waals surface area (Å²) in [7, 11) is 0. The van der Waals surface area contributed by atoms with E-state index in [2.05, 4.69) is 85.3 Å². The number of fused-ring (bicyclic) bond motifs is 3. The number of thiophene rings is 2. The van der Waals surface area contributed by atoms with Crippen molar-refractivity contribution in [2.45, 2.75) is 45.1 Å². The average Bonchev–Trinajstić information content (AvgIpc) is 3.44. The van der Waals surface area contributed by atoms with Crippen molar-refractivity contribution in [2.75, 3.05) is 0 Å². The lowest BCUT2D eigenvalue weighted by molar-refractivity contribution is 0.153. The van der Waals surface area contributed by atoms with E-state index in [4.69, 9.17) is 4.74 Å². The van der Waals surface area contributed by atoms with Gasteiger partial charge in [-0.25, -0.2) is 0 Å². The normalized spacial score (nSPS) is 14.1. The van der Waals surface area contributed by atoms with Crippen LogP contribution in [0.1, 0.15) is 54.5 Å². The number of ether oxygens (including phenoxy) is 1. The maximum Gasteiger partial charge on any atom is 0.186 e. The molecular weight excluding hydrogens is 404 g/mol. The summed E-state index contributed by atoms with van der Waals surface area (Å²) in [4.78, 5) is 2.59. The number of hydrogen-bond donors (Lipinski definition) is 0. The zero-order valence-electron chi connectivity index (χ0n) is 17.5. The number of aryl methyl sites for hydroxylation is 2. The molecule has 1 nitrogen and oxygen atoms in total. The van der Waals surface area contributed by atoms with Crippen LogP contribution in [-0.2, 0) is 18.4 Å². The van der Waals surface area contributed by atoms with Gasteiger partial charge < -0.3 is 4.74 Å². The summed E-state index contributed by atoms with van der Waals surface area (Å²) in [5.41, 5.74) is 5.80. The minimum Gasteiger partial charge on any atom is -0.471 e. The molecule has 0 aliphatic carbocycles. The molecule has 0 amide bonds. The maximum absolute atomic E-state index is 6.93. The molecule has 0 unspecified atom stereocenters. The summed E-state index contributed by atoms with van der Waals surface area (Å²) in [6.07, 6.45) is 4.54. The molecule has 1 aliphatic heterocycles. The van der Waals surface area contributed by atoms with Gasteiger partial charge >= 0.3 is 0 Å². The first-order chi connectivity index (χ1) is 14.8. The molecule has 0 atom stereocenters. The summed E-state index contributed by atoms with van der Waals surface area (Å²) in [5.74, 6) is 0.991. The SMILES string of the molecule is CCCc1ccc(C2(c3ccc(CCC)cc3)Oc3ccsc3-c3sccc32)cc1. The highest BCUT2D eigenvalue weighted by atomic mass is 32.1. The van der Waals surface area contributed by atoms with Crippen LogP contribution in [0.3, 0.4) is 0 Å². The molecular formula is C27H26OS2. The summed E-state index contributed by atoms with van der Waals surface area (Å²) in [6.45, 7) is 4.46. The van der Waals surface area contributed by atoms with Crippen molar-refractivity contribution in [3.8, 4) is 15.5 Å². The molecule has 0 fully saturated rings. The van der Waals surface area contributed by atoms with E-state index in [1.807, 2.05) is 11.3 Å². The standard InChI is InChI=1S/C27H26OS2/c1-3-5-19-7-11-21(12-8-19)27(22-13-9-20(6-4-2)10-14-22)23-15-17-29-25(23)26-24(28-27)16-18-30-26/h7-18H,3-6H2,1-2H3. The van der Waals surface area contributed by atoms with Crippen molar-refractivity contribution in [3.05, 3.63) is 99.2 Å². The van der Waals surface area contributed by atoms with Crippen LogP contribution in [-0.4, -0.2) is 0 Å². The van der Waals surface area contributed by atoms with Gasteiger partial charge in [-0.15, -0.1) is 22.7 Å². The van der Waals surface area contributed by atoms with Crippen molar-refractivity contribution in [1.82, 2.24) is 0 Å². The third-order valence-electron chi connectivity index (χ3n) is 5.94. The Morgan fingerprint density at radius 1 is 0.667 bits per heavy atom. The van der Waals surface area contributed by atoms with Gasteiger partial charge in [0.2, 0.25) is 0 Å². The maximum atomic E-state index is 6.93. The highest BCUT2D eigenvalue weighted by Crippen LogP contribution is 2.55. The number of rotatable bonds is 6. The van der Waals surface area contributed by atoms with Crippen LogP contribution in [0, 0.1) is 0 Å². The van der Waals surface area contributed by atoms with Crippen LogP contribution in [0.5, 0.6) is 5.75 Å². The fourth-order valence-corrected chi connectivity index (χ4v) is 6.46. The minimum atomic E-state index is -0.612. The molecule has 0 bridgehead atoms. The Morgan fingerprint density at radius 3 is 1.77 bits per heavy atom. The van der Waals surface area contributed by atoms with E-state index in [-0.39, 0.29) is 0 Å². The minimum absolute atomic E-state index is 0.612. The van der Waals surface area contributed by atoms with E-state index in [9.17, 15) is 0 Å². The van der Waals surface area contributed by atoms with E-state index < -0.39 is 5.60 Å². The highest BCUT2D eigenvalue weighted by Gasteiger charge is 2.45. The number of hydrogen-bond acceptors (Lipinski definition) is 3. The third kappa shape index (κ3) is 3.12. The van der Waals surface area contributed by atoms with Gasteiger partial charge in [0.1, 0.15) is 5.75 Å². The molecule has 152 valence electrons. The smallest absolute Gasteiger partial charge is 0.186 e. The van der Waals surface area contributed by atoms with Crippen LogP contribution >= 0.6 is 22.7 Å². The molecule has 30 heavy (non-hydrogen) atoms. The molecule has 1 aliphatic rings. The summed E-state index contributed by atoms with van der Waals surface area (Å²) < 4.78 is 6.93. The predicted octanol–water partition coefficient (Wildman–Crippen LogP) is 8.07. The summed E-state index contributed by atoms with van der Waals surface area (Å²) in [5, 5.41) is 4.34. The Balaban J connectivity index is 1.71. The Bertz CT molecular complexity index is 1080. The second-order valence-electron chi connectivity index (χ2n) is 7.95. The van der Waals surface area contributed by atoms with Crippen molar-refractivity contribution in [2.24, 2.45) is 0 Å². The molecule has 0 radical (unpaired) electrons. The zero-order valence-corrected chi connectivity index (χ0v) is 19.1. The van der Waals surface area contributed by atoms with E-state index in [0.29, 0.717) is 0 Å². The van der Waals surface area contributed by atoms with Gasteiger partial charge in [-0.2, -0.15) is 0 Å². The molecule has 0 saturated carbocycles. The van der Waals surface area contributed by atoms with Gasteiger partial charge in [0.15, 0.2) is 5.60 Å². The first kappa shape index (κ1) is 19.6. The van der Waals surface area contributed by atoms with Crippen LogP contribution < -0.4 is 4.74 Å². The fraction of sp³-hybridized carbons (Fsp3) is 0.259. The second-order valence-corrected chi connectivity index (χ2v) is 9.79. The Hall–Kier alpha value is -2.36. The van der Waals surface area contributed by atoms with Crippen LogP contribution in [0.4, 0.5) is 0 Å². The monoisotopic (exact) mass is 430 g/mol. The van der Waals surface area contributed by atoms with Crippen LogP contribution in [0.2, 0.25) is 0 Å². The molecule has 0 saturated heterocycles. The largest absolute Gasteiger partial charge is 0.471 e. The molecule has 2 aromatic heterocycles. The van der Waals surface area contributed by atoms with Crippen molar-refractivity contribution in [1.29, 1.82) is 0 Å². The molecule has 3 heteroatoms. The van der Waals surface area contributed by atoms with E-state index in [1.165, 1.54) is 37.6 Å². The summed E-state index contributed by atoms with van der Waals surface area (Å²) >= 11 is 3.58. The lowest BCUT2D eigenvalue weighted by atomic mass is 9.78. The third-order valence-corrected chi connectivity index (χ3v) is 7.92. The molecule has 5 rings (SSSR count).